The van der Waals surface area contributed by atoms with Gasteiger partial charge in [-0.3, -0.25) is 9.59 Å². The Morgan fingerprint density at radius 3 is 2.73 bits per heavy atom. The van der Waals surface area contributed by atoms with E-state index >= 15 is 0 Å². The SMILES string of the molecule is O=C1CCC(C(=O)NC2(CO)CC2)=NN1. The van der Waals surface area contributed by atoms with Crippen LogP contribution in [-0.4, -0.2) is 34.8 Å². The van der Waals surface area contributed by atoms with Crippen LogP contribution in [0.15, 0.2) is 5.10 Å². The minimum Gasteiger partial charge on any atom is -0.394 e. The third-order valence-electron chi connectivity index (χ3n) is 2.70. The van der Waals surface area contributed by atoms with Crippen molar-refractivity contribution < 1.29 is 14.7 Å². The van der Waals surface area contributed by atoms with Gasteiger partial charge in [0, 0.05) is 12.8 Å². The normalized spacial score (nSPS) is 22.7. The molecule has 0 atom stereocenters. The summed E-state index contributed by atoms with van der Waals surface area (Å²) in [5, 5.41) is 15.4. The fourth-order valence-corrected chi connectivity index (χ4v) is 1.42. The molecule has 6 heteroatoms. The zero-order valence-electron chi connectivity index (χ0n) is 8.25. The summed E-state index contributed by atoms with van der Waals surface area (Å²) >= 11 is 0. The first kappa shape index (κ1) is 10.1. The van der Waals surface area contributed by atoms with Crippen LogP contribution in [-0.2, 0) is 9.59 Å². The number of carbonyl (C=O) groups is 2. The van der Waals surface area contributed by atoms with Gasteiger partial charge in [0.2, 0.25) is 5.91 Å². The predicted molar refractivity (Wildman–Crippen MR) is 52.0 cm³/mol. The van der Waals surface area contributed by atoms with Crippen LogP contribution in [0, 0.1) is 0 Å². The molecule has 82 valence electrons. The Morgan fingerprint density at radius 1 is 1.53 bits per heavy atom. The molecule has 1 aliphatic carbocycles. The number of hydrogen-bond donors (Lipinski definition) is 3. The average molecular weight is 211 g/mol. The van der Waals surface area contributed by atoms with Gasteiger partial charge < -0.3 is 10.4 Å². The molecule has 3 N–H and O–H groups in total. The molecule has 15 heavy (non-hydrogen) atoms. The second kappa shape index (κ2) is 3.62. The third-order valence-corrected chi connectivity index (χ3v) is 2.70. The number of amides is 2. The molecule has 0 aromatic carbocycles. The van der Waals surface area contributed by atoms with Gasteiger partial charge in [-0.15, -0.1) is 0 Å². The van der Waals surface area contributed by atoms with Crippen molar-refractivity contribution >= 4 is 17.5 Å². The lowest BCUT2D eigenvalue weighted by molar-refractivity contribution is -0.121. The van der Waals surface area contributed by atoms with Gasteiger partial charge in [-0.2, -0.15) is 5.10 Å². The van der Waals surface area contributed by atoms with E-state index in [4.69, 9.17) is 5.11 Å². The highest BCUT2D eigenvalue weighted by atomic mass is 16.3. The monoisotopic (exact) mass is 211 g/mol. The van der Waals surface area contributed by atoms with E-state index < -0.39 is 5.54 Å². The Bertz CT molecular complexity index is 333. The average Bonchev–Trinajstić information content (AvgIpc) is 2.99. The van der Waals surface area contributed by atoms with Crippen molar-refractivity contribution in [2.45, 2.75) is 31.2 Å². The molecule has 1 heterocycles. The van der Waals surface area contributed by atoms with Gasteiger partial charge in [0.05, 0.1) is 12.1 Å². The summed E-state index contributed by atoms with van der Waals surface area (Å²) < 4.78 is 0. The standard InChI is InChI=1S/C9H13N3O3/c13-5-9(3-4-9)10-8(15)6-1-2-7(14)12-11-6/h13H,1-5H2,(H,10,15)(H,12,14). The Labute approximate surface area is 86.7 Å². The minimum absolute atomic E-state index is 0.0433. The molecule has 1 saturated carbocycles. The summed E-state index contributed by atoms with van der Waals surface area (Å²) in [5.41, 5.74) is 2.16. The van der Waals surface area contributed by atoms with Crippen LogP contribution in [0.3, 0.4) is 0 Å². The van der Waals surface area contributed by atoms with Gasteiger partial charge in [0.15, 0.2) is 0 Å². The Hall–Kier alpha value is -1.43. The number of carbonyl (C=O) groups excluding carboxylic acids is 2. The van der Waals surface area contributed by atoms with Crippen LogP contribution in [0.5, 0.6) is 0 Å². The zero-order chi connectivity index (χ0) is 10.9. The number of nitrogens with one attached hydrogen (secondary N) is 2. The van der Waals surface area contributed by atoms with Crippen molar-refractivity contribution in [3.8, 4) is 0 Å². The summed E-state index contributed by atoms with van der Waals surface area (Å²) in [4.78, 5) is 22.4. The van der Waals surface area contributed by atoms with Crippen molar-refractivity contribution in [3.63, 3.8) is 0 Å². The van der Waals surface area contributed by atoms with Crippen molar-refractivity contribution in [1.29, 1.82) is 0 Å². The van der Waals surface area contributed by atoms with E-state index in [2.05, 4.69) is 15.8 Å². The highest BCUT2D eigenvalue weighted by molar-refractivity contribution is 6.39. The van der Waals surface area contributed by atoms with Crippen molar-refractivity contribution in [2.75, 3.05) is 6.61 Å². The summed E-state index contributed by atoms with van der Waals surface area (Å²) in [6.45, 7) is -0.0433. The van der Waals surface area contributed by atoms with E-state index in [1.54, 1.807) is 0 Å². The molecule has 0 aromatic rings. The van der Waals surface area contributed by atoms with Crippen LogP contribution in [0.2, 0.25) is 0 Å². The second-order valence-corrected chi connectivity index (χ2v) is 3.99. The molecule has 1 fully saturated rings. The van der Waals surface area contributed by atoms with E-state index in [0.717, 1.165) is 12.8 Å². The van der Waals surface area contributed by atoms with E-state index in [-0.39, 0.29) is 18.4 Å². The highest BCUT2D eigenvalue weighted by Gasteiger charge is 2.44. The maximum Gasteiger partial charge on any atom is 0.268 e. The lowest BCUT2D eigenvalue weighted by Gasteiger charge is -2.16. The quantitative estimate of drug-likeness (QED) is 0.553. The number of aliphatic hydroxyl groups excluding tert-OH is 1. The van der Waals surface area contributed by atoms with E-state index in [9.17, 15) is 9.59 Å². The van der Waals surface area contributed by atoms with Crippen LogP contribution >= 0.6 is 0 Å². The number of aliphatic hydroxyl groups is 1. The molecule has 0 unspecified atom stereocenters. The summed E-state index contributed by atoms with van der Waals surface area (Å²) in [6.07, 6.45) is 2.25. The molecular formula is C9H13N3O3. The smallest absolute Gasteiger partial charge is 0.268 e. The molecule has 2 amide bonds. The van der Waals surface area contributed by atoms with E-state index in [1.807, 2.05) is 0 Å². The van der Waals surface area contributed by atoms with E-state index in [0.29, 0.717) is 18.6 Å². The first-order chi connectivity index (χ1) is 7.15. The fourth-order valence-electron chi connectivity index (χ4n) is 1.42. The lowest BCUT2D eigenvalue weighted by Crippen LogP contribution is -2.45. The largest absolute Gasteiger partial charge is 0.394 e. The van der Waals surface area contributed by atoms with Crippen LogP contribution in [0.25, 0.3) is 0 Å². The van der Waals surface area contributed by atoms with Crippen molar-refractivity contribution in [1.82, 2.24) is 10.7 Å². The molecule has 6 nitrogen and oxygen atoms in total. The molecule has 2 rings (SSSR count). The first-order valence-electron chi connectivity index (χ1n) is 4.94. The number of hydrogen-bond acceptors (Lipinski definition) is 4. The van der Waals surface area contributed by atoms with Gasteiger partial charge >= 0.3 is 0 Å². The van der Waals surface area contributed by atoms with Gasteiger partial charge in [-0.05, 0) is 12.8 Å². The van der Waals surface area contributed by atoms with Crippen LogP contribution < -0.4 is 10.7 Å². The van der Waals surface area contributed by atoms with Gasteiger partial charge in [0.1, 0.15) is 5.71 Å². The summed E-state index contributed by atoms with van der Waals surface area (Å²) in [7, 11) is 0. The molecular weight excluding hydrogens is 198 g/mol. The Balaban J connectivity index is 1.94. The number of rotatable bonds is 3. The molecule has 0 saturated heterocycles. The summed E-state index contributed by atoms with van der Waals surface area (Å²) in [5.74, 6) is -0.462. The highest BCUT2D eigenvalue weighted by Crippen LogP contribution is 2.34. The molecule has 1 aliphatic heterocycles. The maximum absolute atomic E-state index is 11.6. The van der Waals surface area contributed by atoms with Crippen molar-refractivity contribution in [2.24, 2.45) is 5.10 Å². The predicted octanol–water partition coefficient (Wildman–Crippen LogP) is -1.11. The molecule has 0 spiro atoms. The van der Waals surface area contributed by atoms with Gasteiger partial charge in [0.25, 0.3) is 5.91 Å². The Morgan fingerprint density at radius 2 is 2.27 bits per heavy atom. The lowest BCUT2D eigenvalue weighted by atomic mass is 10.1. The summed E-state index contributed by atoms with van der Waals surface area (Å²) in [6, 6.07) is 0. The van der Waals surface area contributed by atoms with Gasteiger partial charge in [-0.1, -0.05) is 0 Å². The second-order valence-electron chi connectivity index (χ2n) is 3.99. The van der Waals surface area contributed by atoms with Crippen molar-refractivity contribution in [3.05, 3.63) is 0 Å². The number of nitrogens with zero attached hydrogens (tertiary/aromatic N) is 1. The number of hydrazone groups is 1. The maximum atomic E-state index is 11.6. The van der Waals surface area contributed by atoms with Crippen LogP contribution in [0.1, 0.15) is 25.7 Å². The third kappa shape index (κ3) is 2.15. The zero-order valence-corrected chi connectivity index (χ0v) is 8.25. The van der Waals surface area contributed by atoms with Crippen LogP contribution in [0.4, 0.5) is 0 Å². The Kier molecular flexibility index (Phi) is 2.44. The molecule has 0 aromatic heterocycles. The van der Waals surface area contributed by atoms with Gasteiger partial charge in [-0.25, -0.2) is 5.43 Å². The molecule has 2 aliphatic rings. The molecule has 0 radical (unpaired) electrons. The first-order valence-corrected chi connectivity index (χ1v) is 4.94. The fraction of sp³-hybridized carbons (Fsp3) is 0.667. The minimum atomic E-state index is -0.430. The van der Waals surface area contributed by atoms with E-state index in [1.165, 1.54) is 0 Å². The topological polar surface area (TPSA) is 90.8 Å². The molecule has 0 bridgehead atoms.